The molecule has 0 fully saturated rings. The highest BCUT2D eigenvalue weighted by molar-refractivity contribution is 6.36. The summed E-state index contributed by atoms with van der Waals surface area (Å²) in [6.45, 7) is 3.33. The van der Waals surface area contributed by atoms with Crippen LogP contribution in [0, 0.1) is 0 Å². The van der Waals surface area contributed by atoms with Crippen molar-refractivity contribution >= 4 is 40.5 Å². The Bertz CT molecular complexity index is 1070. The summed E-state index contributed by atoms with van der Waals surface area (Å²) in [6, 6.07) is 14.8. The van der Waals surface area contributed by atoms with Crippen molar-refractivity contribution in [1.29, 1.82) is 0 Å². The fourth-order valence-corrected chi connectivity index (χ4v) is 3.95. The standard InChI is InChI=1S/C23H20Cl3NO4/c1-2-28-22-9-14(11-27-15-6-7-20-21(10-15)31-13-30-20)8-19(26)23(22)29-12-16-17(24)4-3-5-18(16)25/h3-10,27H,2,11-13H2,1H3. The van der Waals surface area contributed by atoms with E-state index in [4.69, 9.17) is 53.8 Å². The molecule has 0 aliphatic carbocycles. The van der Waals surface area contributed by atoms with Crippen molar-refractivity contribution in [1.82, 2.24) is 0 Å². The van der Waals surface area contributed by atoms with Gasteiger partial charge in [-0.2, -0.15) is 0 Å². The molecule has 0 saturated carbocycles. The van der Waals surface area contributed by atoms with Crippen LogP contribution in [0.4, 0.5) is 5.69 Å². The minimum Gasteiger partial charge on any atom is -0.490 e. The van der Waals surface area contributed by atoms with Crippen molar-refractivity contribution in [3.63, 3.8) is 0 Å². The highest BCUT2D eigenvalue weighted by Gasteiger charge is 2.16. The predicted octanol–water partition coefficient (Wildman–Crippen LogP) is 6.97. The monoisotopic (exact) mass is 479 g/mol. The molecule has 3 aromatic rings. The van der Waals surface area contributed by atoms with Gasteiger partial charge in [0.25, 0.3) is 0 Å². The zero-order chi connectivity index (χ0) is 21.8. The Hall–Kier alpha value is -2.47. The summed E-state index contributed by atoms with van der Waals surface area (Å²) in [5.41, 5.74) is 2.54. The molecule has 8 heteroatoms. The first kappa shape index (κ1) is 21.8. The van der Waals surface area contributed by atoms with Gasteiger partial charge >= 0.3 is 0 Å². The predicted molar refractivity (Wildman–Crippen MR) is 123 cm³/mol. The second-order valence-electron chi connectivity index (χ2n) is 6.75. The Labute approximate surface area is 195 Å². The van der Waals surface area contributed by atoms with Crippen LogP contribution in [0.15, 0.2) is 48.5 Å². The van der Waals surface area contributed by atoms with Crippen molar-refractivity contribution in [2.45, 2.75) is 20.1 Å². The Kier molecular flexibility index (Phi) is 6.86. The third kappa shape index (κ3) is 5.06. The summed E-state index contributed by atoms with van der Waals surface area (Å²) in [6.07, 6.45) is 0. The van der Waals surface area contributed by atoms with Gasteiger partial charge in [0.2, 0.25) is 6.79 Å². The van der Waals surface area contributed by atoms with Gasteiger partial charge < -0.3 is 24.3 Å². The molecule has 4 rings (SSSR count). The van der Waals surface area contributed by atoms with Crippen LogP contribution in [-0.2, 0) is 13.2 Å². The fourth-order valence-electron chi connectivity index (χ4n) is 3.15. The first-order valence-electron chi connectivity index (χ1n) is 9.69. The molecule has 0 aromatic heterocycles. The molecule has 0 unspecified atom stereocenters. The first-order valence-corrected chi connectivity index (χ1v) is 10.8. The first-order chi connectivity index (χ1) is 15.0. The minimum absolute atomic E-state index is 0.174. The lowest BCUT2D eigenvalue weighted by Gasteiger charge is -2.17. The average Bonchev–Trinajstić information content (AvgIpc) is 3.21. The Balaban J connectivity index is 1.50. The van der Waals surface area contributed by atoms with Gasteiger partial charge in [-0.3, -0.25) is 0 Å². The van der Waals surface area contributed by atoms with Crippen molar-refractivity contribution in [3.8, 4) is 23.0 Å². The van der Waals surface area contributed by atoms with E-state index in [0.717, 1.165) is 22.7 Å². The lowest BCUT2D eigenvalue weighted by molar-refractivity contribution is 0.174. The van der Waals surface area contributed by atoms with Gasteiger partial charge in [-0.25, -0.2) is 0 Å². The molecule has 1 aliphatic rings. The second-order valence-corrected chi connectivity index (χ2v) is 7.97. The summed E-state index contributed by atoms with van der Waals surface area (Å²) in [4.78, 5) is 0. The van der Waals surface area contributed by atoms with E-state index >= 15 is 0 Å². The van der Waals surface area contributed by atoms with Gasteiger partial charge in [0.1, 0.15) is 6.61 Å². The number of anilines is 1. The molecule has 1 N–H and O–H groups in total. The Morgan fingerprint density at radius 3 is 2.45 bits per heavy atom. The van der Waals surface area contributed by atoms with Gasteiger partial charge in [0.15, 0.2) is 23.0 Å². The van der Waals surface area contributed by atoms with Crippen LogP contribution in [0.2, 0.25) is 15.1 Å². The molecule has 1 aliphatic heterocycles. The van der Waals surface area contributed by atoms with Gasteiger partial charge in [0, 0.05) is 33.9 Å². The number of halogens is 3. The molecule has 0 saturated heterocycles. The van der Waals surface area contributed by atoms with Crippen LogP contribution in [-0.4, -0.2) is 13.4 Å². The number of hydrogen-bond donors (Lipinski definition) is 1. The molecule has 0 spiro atoms. The number of benzene rings is 3. The SMILES string of the molecule is CCOc1cc(CNc2ccc3c(c2)OCO3)cc(Cl)c1OCc1c(Cl)cccc1Cl. The van der Waals surface area contributed by atoms with Crippen LogP contribution in [0.3, 0.4) is 0 Å². The second kappa shape index (κ2) is 9.77. The van der Waals surface area contributed by atoms with Crippen LogP contribution in [0.1, 0.15) is 18.1 Å². The topological polar surface area (TPSA) is 49.0 Å². The normalized spacial score (nSPS) is 12.0. The van der Waals surface area contributed by atoms with E-state index in [1.54, 1.807) is 18.2 Å². The minimum atomic E-state index is 0.174. The molecule has 0 radical (unpaired) electrons. The molecule has 162 valence electrons. The molecule has 1 heterocycles. The molecular weight excluding hydrogens is 461 g/mol. The smallest absolute Gasteiger partial charge is 0.231 e. The highest BCUT2D eigenvalue weighted by Crippen LogP contribution is 2.39. The van der Waals surface area contributed by atoms with Crippen molar-refractivity contribution < 1.29 is 18.9 Å². The molecule has 3 aromatic carbocycles. The van der Waals surface area contributed by atoms with Gasteiger partial charge in [0.05, 0.1) is 11.6 Å². The van der Waals surface area contributed by atoms with E-state index in [2.05, 4.69) is 5.32 Å². The lowest BCUT2D eigenvalue weighted by Crippen LogP contribution is -2.04. The maximum Gasteiger partial charge on any atom is 0.231 e. The zero-order valence-electron chi connectivity index (χ0n) is 16.7. The Morgan fingerprint density at radius 2 is 1.68 bits per heavy atom. The van der Waals surface area contributed by atoms with Crippen molar-refractivity contribution in [2.75, 3.05) is 18.7 Å². The zero-order valence-corrected chi connectivity index (χ0v) is 19.0. The molecule has 5 nitrogen and oxygen atoms in total. The fraction of sp³-hybridized carbons (Fsp3) is 0.217. The molecule has 31 heavy (non-hydrogen) atoms. The van der Waals surface area contributed by atoms with E-state index in [1.807, 2.05) is 37.3 Å². The summed E-state index contributed by atoms with van der Waals surface area (Å²) < 4.78 is 22.5. The highest BCUT2D eigenvalue weighted by atomic mass is 35.5. The van der Waals surface area contributed by atoms with Crippen LogP contribution < -0.4 is 24.3 Å². The Morgan fingerprint density at radius 1 is 0.903 bits per heavy atom. The van der Waals surface area contributed by atoms with E-state index in [1.165, 1.54) is 0 Å². The van der Waals surface area contributed by atoms with Crippen molar-refractivity contribution in [2.24, 2.45) is 0 Å². The quantitative estimate of drug-likeness (QED) is 0.377. The van der Waals surface area contributed by atoms with Crippen molar-refractivity contribution in [3.05, 3.63) is 74.7 Å². The lowest BCUT2D eigenvalue weighted by atomic mass is 10.2. The number of hydrogen-bond acceptors (Lipinski definition) is 5. The summed E-state index contributed by atoms with van der Waals surface area (Å²) in [5, 5.41) is 4.86. The number of rotatable bonds is 8. The molecule has 0 bridgehead atoms. The van der Waals surface area contributed by atoms with E-state index in [0.29, 0.717) is 45.3 Å². The number of nitrogens with one attached hydrogen (secondary N) is 1. The van der Waals surface area contributed by atoms with Crippen LogP contribution in [0.5, 0.6) is 23.0 Å². The number of fused-ring (bicyclic) bond motifs is 1. The number of ether oxygens (including phenoxy) is 4. The summed E-state index contributed by atoms with van der Waals surface area (Å²) in [7, 11) is 0. The third-order valence-corrected chi connectivity index (χ3v) is 5.65. The van der Waals surface area contributed by atoms with E-state index < -0.39 is 0 Å². The molecule has 0 amide bonds. The molecular formula is C23H20Cl3NO4. The average molecular weight is 481 g/mol. The molecule has 0 atom stereocenters. The maximum absolute atomic E-state index is 6.54. The van der Waals surface area contributed by atoms with Gasteiger partial charge in [-0.15, -0.1) is 0 Å². The summed E-state index contributed by atoms with van der Waals surface area (Å²) >= 11 is 19.0. The van der Waals surface area contributed by atoms with E-state index in [9.17, 15) is 0 Å². The van der Waals surface area contributed by atoms with Crippen LogP contribution >= 0.6 is 34.8 Å². The largest absolute Gasteiger partial charge is 0.490 e. The van der Waals surface area contributed by atoms with E-state index in [-0.39, 0.29) is 13.4 Å². The van der Waals surface area contributed by atoms with Gasteiger partial charge in [-0.05, 0) is 48.9 Å². The third-order valence-electron chi connectivity index (χ3n) is 4.66. The van der Waals surface area contributed by atoms with Crippen LogP contribution in [0.25, 0.3) is 0 Å². The van der Waals surface area contributed by atoms with Gasteiger partial charge in [-0.1, -0.05) is 40.9 Å². The summed E-state index contributed by atoms with van der Waals surface area (Å²) in [5.74, 6) is 2.47. The maximum atomic E-state index is 6.54.